The number of carbonyl (C=O) groups excluding carboxylic acids is 1. The Balaban J connectivity index is 1.41. The Bertz CT molecular complexity index is 1040. The lowest BCUT2D eigenvalue weighted by Crippen LogP contribution is -2.41. The Morgan fingerprint density at radius 2 is 1.97 bits per heavy atom. The van der Waals surface area contributed by atoms with Gasteiger partial charge >= 0.3 is 0 Å². The molecule has 3 aromatic rings. The minimum Gasteiger partial charge on any atom is -0.383 e. The molecule has 7 heteroatoms. The number of pyridine rings is 1. The lowest BCUT2D eigenvalue weighted by molar-refractivity contribution is 0.0272. The van der Waals surface area contributed by atoms with Crippen molar-refractivity contribution in [3.05, 3.63) is 65.6 Å². The molecule has 1 amide bonds. The van der Waals surface area contributed by atoms with Crippen molar-refractivity contribution in [3.8, 4) is 11.1 Å². The van der Waals surface area contributed by atoms with E-state index in [1.165, 1.54) is 5.56 Å². The van der Waals surface area contributed by atoms with Gasteiger partial charge in [-0.1, -0.05) is 31.2 Å². The predicted octanol–water partition coefficient (Wildman–Crippen LogP) is 3.49. The summed E-state index contributed by atoms with van der Waals surface area (Å²) in [6.07, 6.45) is 9.14. The number of hydrogen-bond donors (Lipinski definition) is 2. The van der Waals surface area contributed by atoms with Crippen LogP contribution in [0.1, 0.15) is 47.7 Å². The van der Waals surface area contributed by atoms with Gasteiger partial charge in [-0.05, 0) is 42.9 Å². The van der Waals surface area contributed by atoms with Crippen molar-refractivity contribution >= 4 is 11.7 Å². The predicted molar refractivity (Wildman–Crippen MR) is 120 cm³/mol. The second kappa shape index (κ2) is 9.31. The van der Waals surface area contributed by atoms with Crippen LogP contribution in [-0.4, -0.2) is 32.8 Å². The van der Waals surface area contributed by atoms with E-state index in [2.05, 4.69) is 46.6 Å². The van der Waals surface area contributed by atoms with Crippen molar-refractivity contribution in [3.63, 3.8) is 0 Å². The minimum absolute atomic E-state index is 0.00880. The van der Waals surface area contributed by atoms with Gasteiger partial charge in [-0.25, -0.2) is 4.98 Å². The first kappa shape index (κ1) is 21.1. The van der Waals surface area contributed by atoms with E-state index < -0.39 is 0 Å². The number of nitrogens with two attached hydrogens (primary N) is 1. The van der Waals surface area contributed by atoms with Crippen molar-refractivity contribution in [1.29, 1.82) is 0 Å². The average molecular weight is 420 g/mol. The van der Waals surface area contributed by atoms with E-state index in [0.717, 1.165) is 42.4 Å². The molecule has 7 nitrogen and oxygen atoms in total. The van der Waals surface area contributed by atoms with Gasteiger partial charge in [-0.15, -0.1) is 0 Å². The molecule has 1 saturated carbocycles. The third-order valence-corrected chi connectivity index (χ3v) is 5.87. The molecule has 31 heavy (non-hydrogen) atoms. The van der Waals surface area contributed by atoms with Crippen molar-refractivity contribution < 1.29 is 9.53 Å². The molecule has 0 unspecified atom stereocenters. The molecule has 1 aromatic carbocycles. The second-order valence-electron chi connectivity index (χ2n) is 8.09. The van der Waals surface area contributed by atoms with E-state index in [4.69, 9.17) is 10.5 Å². The molecule has 0 aliphatic heterocycles. The van der Waals surface area contributed by atoms with E-state index in [0.29, 0.717) is 12.2 Å². The Labute approximate surface area is 182 Å². The molecule has 162 valence electrons. The SMILES string of the molecule is CCc1ccc(CO[C@@H]2CCC[C@H]2NC(=O)c2cc(-c3cnn(C)c3)cnc2N)cc1. The molecule has 0 saturated heterocycles. The summed E-state index contributed by atoms with van der Waals surface area (Å²) in [5, 5.41) is 7.30. The largest absolute Gasteiger partial charge is 0.383 e. The van der Waals surface area contributed by atoms with E-state index in [1.807, 2.05) is 13.2 Å². The number of aryl methyl sites for hydroxylation is 2. The van der Waals surface area contributed by atoms with E-state index in [1.54, 1.807) is 23.1 Å². The van der Waals surface area contributed by atoms with Crippen molar-refractivity contribution in [2.45, 2.75) is 51.4 Å². The highest BCUT2D eigenvalue weighted by Gasteiger charge is 2.30. The van der Waals surface area contributed by atoms with Crippen LogP contribution in [0.2, 0.25) is 0 Å². The number of benzene rings is 1. The first-order valence-corrected chi connectivity index (χ1v) is 10.8. The van der Waals surface area contributed by atoms with Gasteiger partial charge in [-0.3, -0.25) is 9.48 Å². The number of hydrogen-bond acceptors (Lipinski definition) is 5. The molecule has 0 spiro atoms. The summed E-state index contributed by atoms with van der Waals surface area (Å²) < 4.78 is 7.88. The number of nitrogens with one attached hydrogen (secondary N) is 1. The maximum Gasteiger partial charge on any atom is 0.255 e. The van der Waals surface area contributed by atoms with Crippen molar-refractivity contribution in [1.82, 2.24) is 20.1 Å². The highest BCUT2D eigenvalue weighted by Crippen LogP contribution is 2.25. The first-order chi connectivity index (χ1) is 15.0. The third kappa shape index (κ3) is 4.94. The van der Waals surface area contributed by atoms with E-state index >= 15 is 0 Å². The number of nitrogens with zero attached hydrogens (tertiary/aromatic N) is 3. The molecule has 4 rings (SSSR count). The number of nitrogen functional groups attached to an aromatic ring is 1. The number of rotatable bonds is 7. The molecule has 2 heterocycles. The molecule has 3 N–H and O–H groups in total. The topological polar surface area (TPSA) is 95.1 Å². The van der Waals surface area contributed by atoms with Crippen LogP contribution in [0.5, 0.6) is 0 Å². The van der Waals surface area contributed by atoms with Crippen LogP contribution < -0.4 is 11.1 Å². The molecular weight excluding hydrogens is 390 g/mol. The molecule has 2 aromatic heterocycles. The number of carbonyl (C=O) groups is 1. The summed E-state index contributed by atoms with van der Waals surface area (Å²) >= 11 is 0. The van der Waals surface area contributed by atoms with Gasteiger partial charge in [0.1, 0.15) is 5.82 Å². The maximum atomic E-state index is 13.0. The standard InChI is InChI=1S/C24H29N5O2/c1-3-16-7-9-17(10-8-16)15-31-22-6-4-5-21(22)28-24(30)20-11-18(12-26-23(20)25)19-13-27-29(2)14-19/h7-14,21-22H,3-6,15H2,1-2H3,(H2,25,26)(H,28,30)/t21-,22-/m1/s1. The smallest absolute Gasteiger partial charge is 0.255 e. The summed E-state index contributed by atoms with van der Waals surface area (Å²) in [5.74, 6) is 0.000147. The summed E-state index contributed by atoms with van der Waals surface area (Å²) in [6, 6.07) is 10.2. The molecule has 0 bridgehead atoms. The monoisotopic (exact) mass is 419 g/mol. The summed E-state index contributed by atoms with van der Waals surface area (Å²) in [6.45, 7) is 2.69. The second-order valence-corrected chi connectivity index (χ2v) is 8.09. The number of amides is 1. The number of anilines is 1. The van der Waals surface area contributed by atoms with E-state index in [9.17, 15) is 4.79 Å². The lowest BCUT2D eigenvalue weighted by Gasteiger charge is -2.22. The van der Waals surface area contributed by atoms with Gasteiger partial charge in [-0.2, -0.15) is 5.10 Å². The molecule has 1 fully saturated rings. The normalized spacial score (nSPS) is 18.3. The van der Waals surface area contributed by atoms with Crippen molar-refractivity contribution in [2.24, 2.45) is 7.05 Å². The average Bonchev–Trinajstić information content (AvgIpc) is 3.41. The van der Waals surface area contributed by atoms with Crippen LogP contribution in [0.25, 0.3) is 11.1 Å². The van der Waals surface area contributed by atoms with Gasteiger partial charge in [0.15, 0.2) is 0 Å². The Kier molecular flexibility index (Phi) is 6.32. The van der Waals surface area contributed by atoms with Crippen molar-refractivity contribution in [2.75, 3.05) is 5.73 Å². The fourth-order valence-corrected chi connectivity index (χ4v) is 4.00. The first-order valence-electron chi connectivity index (χ1n) is 10.8. The number of aromatic nitrogens is 3. The van der Waals surface area contributed by atoms with E-state index in [-0.39, 0.29) is 23.9 Å². The van der Waals surface area contributed by atoms with Crippen LogP contribution in [0, 0.1) is 0 Å². The van der Waals surface area contributed by atoms with Gasteiger partial charge in [0, 0.05) is 30.6 Å². The Morgan fingerprint density at radius 1 is 1.19 bits per heavy atom. The zero-order valence-electron chi connectivity index (χ0n) is 18.0. The molecule has 0 radical (unpaired) electrons. The molecule has 1 aliphatic carbocycles. The van der Waals surface area contributed by atoms with Gasteiger partial charge in [0.25, 0.3) is 5.91 Å². The molecular formula is C24H29N5O2. The van der Waals surface area contributed by atoms with Gasteiger partial charge in [0.05, 0.1) is 30.5 Å². The maximum absolute atomic E-state index is 13.0. The molecule has 1 aliphatic rings. The van der Waals surface area contributed by atoms with Crippen LogP contribution >= 0.6 is 0 Å². The summed E-state index contributed by atoms with van der Waals surface area (Å²) in [7, 11) is 1.85. The highest BCUT2D eigenvalue weighted by atomic mass is 16.5. The summed E-state index contributed by atoms with van der Waals surface area (Å²) in [5.41, 5.74) is 10.6. The van der Waals surface area contributed by atoms with Crippen LogP contribution in [-0.2, 0) is 24.8 Å². The Morgan fingerprint density at radius 3 is 2.68 bits per heavy atom. The highest BCUT2D eigenvalue weighted by molar-refractivity contribution is 5.99. The van der Waals surface area contributed by atoms with Crippen LogP contribution in [0.4, 0.5) is 5.82 Å². The van der Waals surface area contributed by atoms with Gasteiger partial charge < -0.3 is 15.8 Å². The Hall–Kier alpha value is -3.19. The fraction of sp³-hybridized carbons (Fsp3) is 0.375. The minimum atomic E-state index is -0.219. The fourth-order valence-electron chi connectivity index (χ4n) is 4.00. The lowest BCUT2D eigenvalue weighted by atomic mass is 10.1. The van der Waals surface area contributed by atoms with Crippen LogP contribution in [0.3, 0.4) is 0 Å². The van der Waals surface area contributed by atoms with Crippen LogP contribution in [0.15, 0.2) is 48.9 Å². The zero-order chi connectivity index (χ0) is 21.8. The quantitative estimate of drug-likeness (QED) is 0.611. The number of ether oxygens (including phenoxy) is 1. The van der Waals surface area contributed by atoms with Gasteiger partial charge in [0.2, 0.25) is 0 Å². The third-order valence-electron chi connectivity index (χ3n) is 5.87. The molecule has 2 atom stereocenters. The zero-order valence-corrected chi connectivity index (χ0v) is 18.0. The summed E-state index contributed by atoms with van der Waals surface area (Å²) in [4.78, 5) is 17.2.